The maximum Gasteiger partial charge on any atom is 0.397 e. The molecule has 0 aliphatic carbocycles. The highest BCUT2D eigenvalue weighted by molar-refractivity contribution is 7.12. The Balaban J connectivity index is 2.70. The molecule has 1 aromatic heterocycles. The Bertz CT molecular complexity index is 413. The van der Waals surface area contributed by atoms with Crippen molar-refractivity contribution in [3.63, 3.8) is 0 Å². The Morgan fingerprint density at radius 1 is 1.44 bits per heavy atom. The molecule has 1 amide bonds. The van der Waals surface area contributed by atoms with E-state index in [1.807, 2.05) is 5.32 Å². The van der Waals surface area contributed by atoms with Gasteiger partial charge in [-0.25, -0.2) is 4.79 Å². The third kappa shape index (κ3) is 3.54. The molecule has 0 aliphatic heterocycles. The van der Waals surface area contributed by atoms with E-state index >= 15 is 0 Å². The minimum absolute atomic E-state index is 0.119. The predicted molar refractivity (Wildman–Crippen MR) is 50.6 cm³/mol. The number of halogens is 3. The molecule has 88 valence electrons. The van der Waals surface area contributed by atoms with Gasteiger partial charge in [0.15, 0.2) is 0 Å². The van der Waals surface area contributed by atoms with Gasteiger partial charge in [-0.2, -0.15) is 13.2 Å². The molecule has 0 aromatic carbocycles. The Kier molecular flexibility index (Phi) is 3.53. The molecule has 0 spiro atoms. The molecule has 1 rings (SSSR count). The Hall–Kier alpha value is -1.57. The second-order valence-electron chi connectivity index (χ2n) is 2.81. The fourth-order valence-corrected chi connectivity index (χ4v) is 1.64. The van der Waals surface area contributed by atoms with Gasteiger partial charge in [0, 0.05) is 0 Å². The molecule has 4 nitrogen and oxygen atoms in total. The molecule has 0 bridgehead atoms. The molecule has 1 aromatic rings. The molecular weight excluding hydrogens is 247 g/mol. The molecule has 0 saturated heterocycles. The van der Waals surface area contributed by atoms with Gasteiger partial charge in [-0.05, 0) is 11.4 Å². The molecule has 0 saturated carbocycles. The van der Waals surface area contributed by atoms with Crippen LogP contribution in [-0.4, -0.2) is 23.2 Å². The highest BCUT2D eigenvalue weighted by Crippen LogP contribution is 2.24. The zero-order chi connectivity index (χ0) is 12.3. The van der Waals surface area contributed by atoms with Crippen LogP contribution in [0.2, 0.25) is 0 Å². The van der Waals surface area contributed by atoms with E-state index in [0.29, 0.717) is 0 Å². The molecule has 2 N–H and O–H groups in total. The highest BCUT2D eigenvalue weighted by atomic mass is 32.1. The van der Waals surface area contributed by atoms with Crippen LogP contribution < -0.4 is 5.32 Å². The first-order valence-electron chi connectivity index (χ1n) is 3.97. The van der Waals surface area contributed by atoms with Crippen molar-refractivity contribution in [1.29, 1.82) is 0 Å². The topological polar surface area (TPSA) is 66.4 Å². The summed E-state index contributed by atoms with van der Waals surface area (Å²) in [5.41, 5.74) is -0.119. The minimum atomic E-state index is -4.61. The standard InChI is InChI=1S/C8H6F3NO3S/c9-8(10,11)3-5(13)12-4-1-2-16-6(4)7(14)15/h1-2H,3H2,(H,12,13)(H,14,15). The van der Waals surface area contributed by atoms with E-state index in [9.17, 15) is 22.8 Å². The number of alkyl halides is 3. The van der Waals surface area contributed by atoms with Crippen molar-refractivity contribution in [2.24, 2.45) is 0 Å². The molecule has 0 fully saturated rings. The van der Waals surface area contributed by atoms with Crippen LogP contribution >= 0.6 is 11.3 Å². The van der Waals surface area contributed by atoms with E-state index in [0.717, 1.165) is 11.3 Å². The molecule has 0 radical (unpaired) electrons. The third-order valence-electron chi connectivity index (χ3n) is 1.49. The van der Waals surface area contributed by atoms with E-state index in [2.05, 4.69) is 0 Å². The lowest BCUT2D eigenvalue weighted by Gasteiger charge is -2.06. The van der Waals surface area contributed by atoms with Crippen molar-refractivity contribution in [2.45, 2.75) is 12.6 Å². The van der Waals surface area contributed by atoms with Gasteiger partial charge in [0.25, 0.3) is 0 Å². The van der Waals surface area contributed by atoms with E-state index < -0.39 is 24.5 Å². The highest BCUT2D eigenvalue weighted by Gasteiger charge is 2.31. The smallest absolute Gasteiger partial charge is 0.397 e. The molecule has 0 unspecified atom stereocenters. The van der Waals surface area contributed by atoms with Gasteiger partial charge in [-0.1, -0.05) is 0 Å². The SMILES string of the molecule is O=C(CC(F)(F)F)Nc1ccsc1C(=O)O. The predicted octanol–water partition coefficient (Wildman–Crippen LogP) is 2.34. The number of anilines is 1. The van der Waals surface area contributed by atoms with Crippen LogP contribution in [-0.2, 0) is 4.79 Å². The first kappa shape index (κ1) is 12.5. The normalized spacial score (nSPS) is 11.2. The van der Waals surface area contributed by atoms with Crippen molar-refractivity contribution in [2.75, 3.05) is 5.32 Å². The summed E-state index contributed by atoms with van der Waals surface area (Å²) in [6.07, 6.45) is -6.24. The molecule has 1 heterocycles. The van der Waals surface area contributed by atoms with E-state index in [1.54, 1.807) is 0 Å². The molecule has 8 heteroatoms. The van der Waals surface area contributed by atoms with Crippen molar-refractivity contribution in [1.82, 2.24) is 0 Å². The van der Waals surface area contributed by atoms with Crippen molar-refractivity contribution in [3.05, 3.63) is 16.3 Å². The summed E-state index contributed by atoms with van der Waals surface area (Å²) in [7, 11) is 0. The van der Waals surface area contributed by atoms with Gasteiger partial charge in [0.2, 0.25) is 5.91 Å². The van der Waals surface area contributed by atoms with Gasteiger partial charge in [-0.15, -0.1) is 11.3 Å². The van der Waals surface area contributed by atoms with Crippen LogP contribution in [0.25, 0.3) is 0 Å². The second kappa shape index (κ2) is 4.52. The third-order valence-corrected chi connectivity index (χ3v) is 2.40. The van der Waals surface area contributed by atoms with Crippen LogP contribution in [0.3, 0.4) is 0 Å². The number of carboxylic acid groups (broad SMARTS) is 1. The second-order valence-corrected chi connectivity index (χ2v) is 3.72. The Morgan fingerprint density at radius 2 is 2.06 bits per heavy atom. The van der Waals surface area contributed by atoms with Gasteiger partial charge < -0.3 is 10.4 Å². The number of thiophene rings is 1. The number of carbonyl (C=O) groups excluding carboxylic acids is 1. The summed E-state index contributed by atoms with van der Waals surface area (Å²) in [6, 6.07) is 1.24. The average Bonchev–Trinajstić information content (AvgIpc) is 2.47. The summed E-state index contributed by atoms with van der Waals surface area (Å²) in [6.45, 7) is 0. The van der Waals surface area contributed by atoms with Crippen molar-refractivity contribution >= 4 is 28.9 Å². The van der Waals surface area contributed by atoms with Crippen LogP contribution in [0.15, 0.2) is 11.4 Å². The summed E-state index contributed by atoms with van der Waals surface area (Å²) in [5.74, 6) is -2.58. The number of nitrogens with one attached hydrogen (secondary N) is 1. The fourth-order valence-electron chi connectivity index (χ4n) is 0.950. The number of carbonyl (C=O) groups is 2. The molecule has 0 atom stereocenters. The number of hydrogen-bond donors (Lipinski definition) is 2. The van der Waals surface area contributed by atoms with E-state index in [-0.39, 0.29) is 10.6 Å². The Morgan fingerprint density at radius 3 is 2.56 bits per heavy atom. The summed E-state index contributed by atoms with van der Waals surface area (Å²) in [4.78, 5) is 21.3. The van der Waals surface area contributed by atoms with Crippen LogP contribution in [0, 0.1) is 0 Å². The number of hydrogen-bond acceptors (Lipinski definition) is 3. The lowest BCUT2D eigenvalue weighted by atomic mass is 10.3. The number of carboxylic acids is 1. The van der Waals surface area contributed by atoms with Crippen molar-refractivity contribution in [3.8, 4) is 0 Å². The lowest BCUT2D eigenvalue weighted by molar-refractivity contribution is -0.150. The van der Waals surface area contributed by atoms with Gasteiger partial charge in [-0.3, -0.25) is 4.79 Å². The molecular formula is C8H6F3NO3S. The van der Waals surface area contributed by atoms with Gasteiger partial charge >= 0.3 is 12.1 Å². The van der Waals surface area contributed by atoms with Gasteiger partial charge in [0.05, 0.1) is 5.69 Å². The number of rotatable bonds is 3. The van der Waals surface area contributed by atoms with Crippen LogP contribution in [0.5, 0.6) is 0 Å². The van der Waals surface area contributed by atoms with Crippen molar-refractivity contribution < 1.29 is 27.9 Å². The first-order valence-corrected chi connectivity index (χ1v) is 4.85. The quantitative estimate of drug-likeness (QED) is 0.868. The molecule has 16 heavy (non-hydrogen) atoms. The largest absolute Gasteiger partial charge is 0.477 e. The number of amides is 1. The lowest BCUT2D eigenvalue weighted by Crippen LogP contribution is -2.21. The summed E-state index contributed by atoms with van der Waals surface area (Å²) in [5, 5.41) is 11.9. The molecule has 0 aliphatic rings. The fraction of sp³-hybridized carbons (Fsp3) is 0.250. The van der Waals surface area contributed by atoms with Crippen LogP contribution in [0.1, 0.15) is 16.1 Å². The zero-order valence-electron chi connectivity index (χ0n) is 7.67. The number of aromatic carboxylic acids is 1. The first-order chi connectivity index (χ1) is 7.29. The van der Waals surface area contributed by atoms with Gasteiger partial charge in [0.1, 0.15) is 11.3 Å². The monoisotopic (exact) mass is 253 g/mol. The zero-order valence-corrected chi connectivity index (χ0v) is 8.48. The maximum absolute atomic E-state index is 11.8. The maximum atomic E-state index is 11.8. The van der Waals surface area contributed by atoms with E-state index in [4.69, 9.17) is 5.11 Å². The summed E-state index contributed by atoms with van der Waals surface area (Å²) < 4.78 is 35.5. The average molecular weight is 253 g/mol. The summed E-state index contributed by atoms with van der Waals surface area (Å²) >= 11 is 0.822. The Labute approximate surface area is 91.7 Å². The van der Waals surface area contributed by atoms with Crippen LogP contribution in [0.4, 0.5) is 18.9 Å². The minimum Gasteiger partial charge on any atom is -0.477 e. The van der Waals surface area contributed by atoms with E-state index in [1.165, 1.54) is 11.4 Å².